The predicted molar refractivity (Wildman–Crippen MR) is 68.3 cm³/mol. The number of rotatable bonds is 3. The zero-order chi connectivity index (χ0) is 13.1. The fourth-order valence-corrected chi connectivity index (χ4v) is 1.76. The summed E-state index contributed by atoms with van der Waals surface area (Å²) in [4.78, 5) is 21.8. The lowest BCUT2D eigenvalue weighted by molar-refractivity contribution is 0.0780. The van der Waals surface area contributed by atoms with Gasteiger partial charge in [-0.05, 0) is 6.07 Å². The maximum atomic E-state index is 12.2. The summed E-state index contributed by atoms with van der Waals surface area (Å²) in [7, 11) is 3.60. The number of nitrogens with zero attached hydrogens (tertiary/aromatic N) is 4. The summed E-state index contributed by atoms with van der Waals surface area (Å²) in [5, 5.41) is 0.404. The van der Waals surface area contributed by atoms with Crippen molar-refractivity contribution >= 4 is 17.5 Å². The highest BCUT2D eigenvalue weighted by molar-refractivity contribution is 6.33. The number of aromatic nitrogens is 3. The van der Waals surface area contributed by atoms with Crippen molar-refractivity contribution in [1.82, 2.24) is 19.4 Å². The Kier molecular flexibility index (Phi) is 3.62. The van der Waals surface area contributed by atoms with Gasteiger partial charge < -0.3 is 9.47 Å². The van der Waals surface area contributed by atoms with E-state index in [1.807, 2.05) is 17.8 Å². The number of hydrogen-bond donors (Lipinski definition) is 0. The van der Waals surface area contributed by atoms with Crippen LogP contribution in [0.5, 0.6) is 0 Å². The van der Waals surface area contributed by atoms with Gasteiger partial charge in [-0.3, -0.25) is 9.78 Å². The van der Waals surface area contributed by atoms with Gasteiger partial charge in [0.2, 0.25) is 0 Å². The molecular formula is C12H13ClN4O. The minimum absolute atomic E-state index is 0.170. The van der Waals surface area contributed by atoms with Crippen molar-refractivity contribution in [2.45, 2.75) is 6.54 Å². The summed E-state index contributed by atoms with van der Waals surface area (Å²) in [6.45, 7) is 0.424. The smallest absolute Gasteiger partial charge is 0.257 e. The Morgan fingerprint density at radius 1 is 1.50 bits per heavy atom. The zero-order valence-electron chi connectivity index (χ0n) is 10.2. The van der Waals surface area contributed by atoms with Gasteiger partial charge in [0.1, 0.15) is 5.82 Å². The van der Waals surface area contributed by atoms with Crippen molar-refractivity contribution in [3.8, 4) is 0 Å². The van der Waals surface area contributed by atoms with Crippen LogP contribution in [0.15, 0.2) is 30.9 Å². The molecule has 0 unspecified atom stereocenters. The van der Waals surface area contributed by atoms with Gasteiger partial charge in [0.05, 0.1) is 17.1 Å². The number of halogens is 1. The SMILES string of the molecule is CN(Cc1nccn1C)C(=O)c1cnccc1Cl. The average molecular weight is 265 g/mol. The molecule has 0 saturated carbocycles. The van der Waals surface area contributed by atoms with Crippen molar-refractivity contribution in [2.75, 3.05) is 7.05 Å². The molecule has 0 radical (unpaired) electrons. The van der Waals surface area contributed by atoms with Crippen molar-refractivity contribution in [3.63, 3.8) is 0 Å². The Morgan fingerprint density at radius 2 is 2.28 bits per heavy atom. The molecule has 6 heteroatoms. The molecule has 1 amide bonds. The molecule has 0 spiro atoms. The molecule has 5 nitrogen and oxygen atoms in total. The van der Waals surface area contributed by atoms with Gasteiger partial charge in [-0.15, -0.1) is 0 Å². The Bertz CT molecular complexity index is 567. The van der Waals surface area contributed by atoms with Crippen LogP contribution in [0.4, 0.5) is 0 Å². The highest BCUT2D eigenvalue weighted by Crippen LogP contribution is 2.16. The fourth-order valence-electron chi connectivity index (χ4n) is 1.57. The zero-order valence-corrected chi connectivity index (χ0v) is 10.9. The average Bonchev–Trinajstić information content (AvgIpc) is 2.75. The maximum Gasteiger partial charge on any atom is 0.257 e. The standard InChI is InChI=1S/C12H13ClN4O/c1-16-6-5-15-11(16)8-17(2)12(18)9-7-14-4-3-10(9)13/h3-7H,8H2,1-2H3. The first-order valence-electron chi connectivity index (χ1n) is 5.40. The molecule has 2 aromatic heterocycles. The lowest BCUT2D eigenvalue weighted by Crippen LogP contribution is -2.27. The molecule has 0 saturated heterocycles. The molecule has 0 N–H and O–H groups in total. The van der Waals surface area contributed by atoms with E-state index in [-0.39, 0.29) is 5.91 Å². The molecule has 0 atom stereocenters. The van der Waals surface area contributed by atoms with Crippen LogP contribution in [-0.4, -0.2) is 32.4 Å². The first-order chi connectivity index (χ1) is 8.59. The van der Waals surface area contributed by atoms with Crippen LogP contribution in [0.1, 0.15) is 16.2 Å². The van der Waals surface area contributed by atoms with E-state index in [4.69, 9.17) is 11.6 Å². The van der Waals surface area contributed by atoms with E-state index in [0.717, 1.165) is 5.82 Å². The summed E-state index contributed by atoms with van der Waals surface area (Å²) in [5.74, 6) is 0.641. The lowest BCUT2D eigenvalue weighted by Gasteiger charge is -2.17. The molecule has 2 rings (SSSR count). The van der Waals surface area contributed by atoms with Crippen molar-refractivity contribution < 1.29 is 4.79 Å². The number of pyridine rings is 1. The molecule has 0 aliphatic heterocycles. The molecule has 94 valence electrons. The number of aryl methyl sites for hydroxylation is 1. The topological polar surface area (TPSA) is 51.0 Å². The molecule has 0 fully saturated rings. The second kappa shape index (κ2) is 5.18. The van der Waals surface area contributed by atoms with Gasteiger partial charge in [-0.2, -0.15) is 0 Å². The van der Waals surface area contributed by atoms with Gasteiger partial charge in [0, 0.05) is 38.9 Å². The molecule has 0 aliphatic carbocycles. The molecule has 0 aliphatic rings. The number of amides is 1. The molecular weight excluding hydrogens is 252 g/mol. The number of carbonyl (C=O) groups is 1. The Morgan fingerprint density at radius 3 is 2.89 bits per heavy atom. The summed E-state index contributed by atoms with van der Waals surface area (Å²) in [5.41, 5.74) is 0.399. The van der Waals surface area contributed by atoms with E-state index in [2.05, 4.69) is 9.97 Å². The van der Waals surface area contributed by atoms with Crippen LogP contribution < -0.4 is 0 Å². The number of carbonyl (C=O) groups excluding carboxylic acids is 1. The first kappa shape index (κ1) is 12.6. The van der Waals surface area contributed by atoms with Gasteiger partial charge >= 0.3 is 0 Å². The Balaban J connectivity index is 2.15. The van der Waals surface area contributed by atoms with Gasteiger partial charge in [0.15, 0.2) is 0 Å². The molecule has 0 aromatic carbocycles. The third-order valence-corrected chi connectivity index (χ3v) is 2.97. The fraction of sp³-hybridized carbons (Fsp3) is 0.250. The van der Waals surface area contributed by atoms with Crippen LogP contribution in [-0.2, 0) is 13.6 Å². The molecule has 18 heavy (non-hydrogen) atoms. The van der Waals surface area contributed by atoms with E-state index in [9.17, 15) is 4.79 Å². The second-order valence-corrected chi connectivity index (χ2v) is 4.38. The van der Waals surface area contributed by atoms with Crippen molar-refractivity contribution in [3.05, 3.63) is 47.3 Å². The van der Waals surface area contributed by atoms with E-state index in [0.29, 0.717) is 17.1 Å². The van der Waals surface area contributed by atoms with Crippen LogP contribution in [0, 0.1) is 0 Å². The summed E-state index contributed by atoms with van der Waals surface area (Å²) in [6.07, 6.45) is 6.56. The highest BCUT2D eigenvalue weighted by Gasteiger charge is 2.16. The van der Waals surface area contributed by atoms with Crippen molar-refractivity contribution in [2.24, 2.45) is 7.05 Å². The summed E-state index contributed by atoms with van der Waals surface area (Å²) < 4.78 is 1.87. The number of imidazole rings is 1. The second-order valence-electron chi connectivity index (χ2n) is 3.97. The van der Waals surface area contributed by atoms with Crippen LogP contribution >= 0.6 is 11.6 Å². The van der Waals surface area contributed by atoms with E-state index >= 15 is 0 Å². The quantitative estimate of drug-likeness (QED) is 0.849. The Hall–Kier alpha value is -1.88. The highest BCUT2D eigenvalue weighted by atomic mass is 35.5. The molecule has 2 aromatic rings. The van der Waals surface area contributed by atoms with E-state index in [1.54, 1.807) is 30.4 Å². The monoisotopic (exact) mass is 264 g/mol. The normalized spacial score (nSPS) is 10.4. The van der Waals surface area contributed by atoms with E-state index in [1.165, 1.54) is 6.20 Å². The molecule has 2 heterocycles. The van der Waals surface area contributed by atoms with Gasteiger partial charge in [-0.1, -0.05) is 11.6 Å². The van der Waals surface area contributed by atoms with Crippen LogP contribution in [0.2, 0.25) is 5.02 Å². The summed E-state index contributed by atoms with van der Waals surface area (Å²) in [6, 6.07) is 1.60. The summed E-state index contributed by atoms with van der Waals surface area (Å²) >= 11 is 5.97. The van der Waals surface area contributed by atoms with Gasteiger partial charge in [0.25, 0.3) is 5.91 Å². The van der Waals surface area contributed by atoms with E-state index < -0.39 is 0 Å². The third-order valence-electron chi connectivity index (χ3n) is 2.64. The van der Waals surface area contributed by atoms with Crippen LogP contribution in [0.3, 0.4) is 0 Å². The largest absolute Gasteiger partial charge is 0.337 e. The predicted octanol–water partition coefficient (Wildman–Crippen LogP) is 1.74. The maximum absolute atomic E-state index is 12.2. The number of hydrogen-bond acceptors (Lipinski definition) is 3. The van der Waals surface area contributed by atoms with Crippen molar-refractivity contribution in [1.29, 1.82) is 0 Å². The Labute approximate surface area is 110 Å². The molecule has 0 bridgehead atoms. The van der Waals surface area contributed by atoms with Gasteiger partial charge in [-0.25, -0.2) is 4.98 Å². The minimum atomic E-state index is -0.170. The minimum Gasteiger partial charge on any atom is -0.337 e. The first-order valence-corrected chi connectivity index (χ1v) is 5.78. The third kappa shape index (κ3) is 2.51. The van der Waals surface area contributed by atoms with Crippen LogP contribution in [0.25, 0.3) is 0 Å². The lowest BCUT2D eigenvalue weighted by atomic mass is 10.2.